The Hall–Kier alpha value is -4.42. The number of halogens is 4. The van der Waals surface area contributed by atoms with Crippen LogP contribution in [0.3, 0.4) is 0 Å². The number of ketones is 1. The predicted molar refractivity (Wildman–Crippen MR) is 148 cm³/mol. The number of nitrogens with zero attached hydrogens (tertiary/aromatic N) is 4. The van der Waals surface area contributed by atoms with Gasteiger partial charge in [-0.05, 0) is 59.7 Å². The van der Waals surface area contributed by atoms with Gasteiger partial charge in [0.05, 0.1) is 18.5 Å². The minimum absolute atomic E-state index is 0.0148. The number of hydrogen-bond acceptors (Lipinski definition) is 9. The Labute approximate surface area is 244 Å². The van der Waals surface area contributed by atoms with Crippen molar-refractivity contribution < 1.29 is 33.0 Å². The fourth-order valence-corrected chi connectivity index (χ4v) is 3.25. The second-order valence-corrected chi connectivity index (χ2v) is 8.67. The van der Waals surface area contributed by atoms with Gasteiger partial charge >= 0.3 is 5.97 Å². The number of rotatable bonds is 10. The maximum absolute atomic E-state index is 12.1. The number of anilines is 1. The highest BCUT2D eigenvalue weighted by Crippen LogP contribution is 2.15. The zero-order valence-electron chi connectivity index (χ0n) is 21.4. The zero-order valence-corrected chi connectivity index (χ0v) is 22.9. The number of ether oxygens (including phenoxy) is 2. The van der Waals surface area contributed by atoms with Crippen molar-refractivity contribution in [1.29, 1.82) is 0 Å². The van der Waals surface area contributed by atoms with Gasteiger partial charge in [0.2, 0.25) is 13.7 Å². The topological polar surface area (TPSA) is 150 Å². The first kappa shape index (κ1) is 32.8. The molecule has 0 unspecified atom stereocenters. The molecule has 0 bridgehead atoms. The van der Waals surface area contributed by atoms with E-state index < -0.39 is 19.7 Å². The summed E-state index contributed by atoms with van der Waals surface area (Å²) in [5, 5.41) is 23.6. The average molecular weight is 608 g/mol. The lowest BCUT2D eigenvalue weighted by Crippen LogP contribution is -2.08. The molecule has 0 aliphatic heterocycles. The molecule has 0 amide bonds. The molecule has 0 atom stereocenters. The number of carboxylic acids is 1. The number of carbonyl (C=O) groups is 2. The molecule has 0 saturated heterocycles. The number of nitrogen functional groups attached to an aromatic ring is 1. The molecular formula is C27H25Cl2F2N5O5. The van der Waals surface area contributed by atoms with Crippen LogP contribution in [-0.2, 0) is 28.9 Å². The average Bonchev–Trinajstić information content (AvgIpc) is 2.93. The Kier molecular flexibility index (Phi) is 14.4. The molecule has 14 heteroatoms. The summed E-state index contributed by atoms with van der Waals surface area (Å²) in [6.07, 6.45) is 0.329. The molecular weight excluding hydrogens is 583 g/mol. The van der Waals surface area contributed by atoms with E-state index in [0.29, 0.717) is 33.7 Å². The molecule has 2 heterocycles. The highest BCUT2D eigenvalue weighted by Gasteiger charge is 2.08. The number of hydrogen-bond donors (Lipinski definition) is 2. The van der Waals surface area contributed by atoms with Crippen LogP contribution in [0.15, 0.2) is 72.8 Å². The third-order valence-electron chi connectivity index (χ3n) is 4.71. The van der Waals surface area contributed by atoms with Crippen LogP contribution in [0.2, 0.25) is 10.3 Å². The van der Waals surface area contributed by atoms with E-state index >= 15 is 0 Å². The van der Waals surface area contributed by atoms with Gasteiger partial charge in [-0.1, -0.05) is 47.5 Å². The Morgan fingerprint density at radius 3 is 1.71 bits per heavy atom. The monoisotopic (exact) mass is 607 g/mol. The Morgan fingerprint density at radius 1 is 0.732 bits per heavy atom. The molecule has 0 aliphatic carbocycles. The van der Waals surface area contributed by atoms with Gasteiger partial charge in [-0.15, -0.1) is 15.3 Å². The first-order valence-corrected chi connectivity index (χ1v) is 12.5. The van der Waals surface area contributed by atoms with Crippen LogP contribution < -0.4 is 15.2 Å². The van der Waals surface area contributed by atoms with E-state index in [-0.39, 0.29) is 30.2 Å². The van der Waals surface area contributed by atoms with Gasteiger partial charge in [0, 0.05) is 6.42 Å². The quantitative estimate of drug-likeness (QED) is 0.248. The van der Waals surface area contributed by atoms with Crippen molar-refractivity contribution in [1.82, 2.24) is 20.4 Å². The molecule has 3 N–H and O–H groups in total. The lowest BCUT2D eigenvalue weighted by Gasteiger charge is -2.04. The molecule has 41 heavy (non-hydrogen) atoms. The van der Waals surface area contributed by atoms with Crippen LogP contribution in [-0.4, -0.2) is 51.0 Å². The van der Waals surface area contributed by atoms with E-state index in [0.717, 1.165) is 5.56 Å². The van der Waals surface area contributed by atoms with E-state index in [1.54, 1.807) is 66.7 Å². The summed E-state index contributed by atoms with van der Waals surface area (Å²) < 4.78 is 33.1. The van der Waals surface area contributed by atoms with E-state index in [4.69, 9.17) is 38.8 Å². The molecule has 0 spiro atoms. The van der Waals surface area contributed by atoms with E-state index in [1.807, 2.05) is 0 Å². The Bertz CT molecular complexity index is 1360. The van der Waals surface area contributed by atoms with Gasteiger partial charge in [-0.25, -0.2) is 8.78 Å². The smallest absolute Gasteiger partial charge is 0.307 e. The standard InChI is InChI=1S/C14H12ClFN2O2.C9H9FO3.C4H4ClN3/c15-14-5-4-11(17-18-14)8-12(19)6-10-2-1-3-13(7-10)20-9-16;10-6-13-8-3-1-2-7(4-8)5-9(11)12;5-3-1-2-4(6)8-7-3/h1-5,7H,6,8-9H2;1-4H,5-6H2,(H,11,12);1-2H,(H2,6,8). The fraction of sp³-hybridized carbons (Fsp3) is 0.185. The van der Waals surface area contributed by atoms with Crippen LogP contribution in [0.1, 0.15) is 16.8 Å². The molecule has 2 aromatic heterocycles. The molecule has 0 fully saturated rings. The van der Waals surface area contributed by atoms with Gasteiger partial charge in [0.25, 0.3) is 0 Å². The fourth-order valence-electron chi connectivity index (χ4n) is 3.05. The number of aliphatic carboxylic acids is 1. The Balaban J connectivity index is 0.000000239. The second-order valence-electron chi connectivity index (χ2n) is 7.89. The van der Waals surface area contributed by atoms with Crippen molar-refractivity contribution in [3.63, 3.8) is 0 Å². The number of alkyl halides is 2. The van der Waals surface area contributed by atoms with Crippen LogP contribution in [0, 0.1) is 0 Å². The number of Topliss-reactive ketones (excluding diaryl/α,β-unsaturated/α-hetero) is 1. The Morgan fingerprint density at radius 2 is 1.27 bits per heavy atom. The zero-order chi connectivity index (χ0) is 30.0. The third-order valence-corrected chi connectivity index (χ3v) is 5.12. The largest absolute Gasteiger partial charge is 0.481 e. The van der Waals surface area contributed by atoms with E-state index in [9.17, 15) is 18.4 Å². The van der Waals surface area contributed by atoms with Gasteiger partial charge in [0.1, 0.15) is 23.1 Å². The van der Waals surface area contributed by atoms with Gasteiger partial charge < -0.3 is 20.3 Å². The predicted octanol–water partition coefficient (Wildman–Crippen LogP) is 5.12. The van der Waals surface area contributed by atoms with Crippen molar-refractivity contribution in [2.75, 3.05) is 19.5 Å². The van der Waals surface area contributed by atoms with Gasteiger partial charge in [0.15, 0.2) is 10.3 Å². The maximum atomic E-state index is 12.1. The number of carbonyl (C=O) groups excluding carboxylic acids is 1. The van der Waals surface area contributed by atoms with Gasteiger partial charge in [-0.2, -0.15) is 5.10 Å². The van der Waals surface area contributed by atoms with Crippen molar-refractivity contribution in [2.24, 2.45) is 0 Å². The van der Waals surface area contributed by atoms with Crippen molar-refractivity contribution in [3.8, 4) is 11.5 Å². The molecule has 0 saturated carbocycles. The molecule has 0 aliphatic rings. The minimum atomic E-state index is -0.919. The summed E-state index contributed by atoms with van der Waals surface area (Å²) in [4.78, 5) is 22.2. The molecule has 4 rings (SSSR count). The molecule has 4 aromatic rings. The van der Waals surface area contributed by atoms with Crippen LogP contribution in [0.5, 0.6) is 11.5 Å². The van der Waals surface area contributed by atoms with E-state index in [1.165, 1.54) is 6.07 Å². The van der Waals surface area contributed by atoms with E-state index in [2.05, 4.69) is 25.1 Å². The number of carboxylic acid groups (broad SMARTS) is 1. The van der Waals surface area contributed by atoms with Crippen LogP contribution in [0.4, 0.5) is 14.6 Å². The summed E-state index contributed by atoms with van der Waals surface area (Å²) >= 11 is 11.0. The number of nitrogens with two attached hydrogens (primary N) is 1. The highest BCUT2D eigenvalue weighted by molar-refractivity contribution is 6.29. The summed E-state index contributed by atoms with van der Waals surface area (Å²) in [6.45, 7) is -1.80. The third kappa shape index (κ3) is 14.0. The summed E-state index contributed by atoms with van der Waals surface area (Å²) in [7, 11) is 0. The summed E-state index contributed by atoms with van der Waals surface area (Å²) in [6, 6.07) is 19.6. The van der Waals surface area contributed by atoms with Crippen molar-refractivity contribution in [3.05, 3.63) is 99.9 Å². The highest BCUT2D eigenvalue weighted by atomic mass is 35.5. The molecule has 2 aromatic carbocycles. The lowest BCUT2D eigenvalue weighted by atomic mass is 10.1. The van der Waals surface area contributed by atoms with Crippen molar-refractivity contribution >= 4 is 40.8 Å². The van der Waals surface area contributed by atoms with Crippen LogP contribution >= 0.6 is 23.2 Å². The molecule has 10 nitrogen and oxygen atoms in total. The normalized spacial score (nSPS) is 9.85. The minimum Gasteiger partial charge on any atom is -0.481 e. The molecule has 0 radical (unpaired) electrons. The molecule has 216 valence electrons. The number of benzene rings is 2. The van der Waals surface area contributed by atoms with Crippen LogP contribution in [0.25, 0.3) is 0 Å². The SMILES string of the molecule is Nc1ccc(Cl)nn1.O=C(Cc1cccc(OCF)c1)Cc1ccc(Cl)nn1.O=C(O)Cc1cccc(OCF)c1. The lowest BCUT2D eigenvalue weighted by molar-refractivity contribution is -0.136. The van der Waals surface area contributed by atoms with Crippen molar-refractivity contribution in [2.45, 2.75) is 19.3 Å². The van der Waals surface area contributed by atoms with Gasteiger partial charge in [-0.3, -0.25) is 9.59 Å². The first-order chi connectivity index (χ1) is 19.7. The maximum Gasteiger partial charge on any atom is 0.307 e. The number of aromatic nitrogens is 4. The second kappa shape index (κ2) is 18.0. The summed E-state index contributed by atoms with van der Waals surface area (Å²) in [5.41, 5.74) is 7.12. The summed E-state index contributed by atoms with van der Waals surface area (Å²) in [5.74, 6) is 0.205. The first-order valence-electron chi connectivity index (χ1n) is 11.7.